The van der Waals surface area contributed by atoms with Crippen LogP contribution in [0.5, 0.6) is 0 Å². The van der Waals surface area contributed by atoms with E-state index in [2.05, 4.69) is 137 Å². The molecule has 0 atom stereocenters. The van der Waals surface area contributed by atoms with Crippen molar-refractivity contribution < 1.29 is 0 Å². The Balaban J connectivity index is 1.28. The highest BCUT2D eigenvalue weighted by molar-refractivity contribution is 6.21. The highest BCUT2D eigenvalue weighted by atomic mass is 14.6. The zero-order chi connectivity index (χ0) is 27.9. The second-order valence-corrected chi connectivity index (χ2v) is 10.6. The lowest BCUT2D eigenvalue weighted by Crippen LogP contribution is -1.91. The summed E-state index contributed by atoms with van der Waals surface area (Å²) >= 11 is 0. The van der Waals surface area contributed by atoms with Crippen molar-refractivity contribution in [1.82, 2.24) is 9.97 Å². The lowest BCUT2D eigenvalue weighted by Gasteiger charge is -2.18. The fraction of sp³-hybridized carbons (Fsp3) is 0. The molecule has 0 aliphatic heterocycles. The van der Waals surface area contributed by atoms with Crippen LogP contribution in [0.3, 0.4) is 0 Å². The van der Waals surface area contributed by atoms with Gasteiger partial charge in [0.1, 0.15) is 0 Å². The predicted molar refractivity (Wildman–Crippen MR) is 176 cm³/mol. The molecule has 0 aliphatic rings. The van der Waals surface area contributed by atoms with Crippen LogP contribution in [-0.4, -0.2) is 9.97 Å². The first-order chi connectivity index (χ1) is 20.8. The molecule has 8 rings (SSSR count). The van der Waals surface area contributed by atoms with Gasteiger partial charge in [-0.3, -0.25) is 9.97 Å². The largest absolute Gasteiger partial charge is 0.265 e. The van der Waals surface area contributed by atoms with Gasteiger partial charge in [0.25, 0.3) is 0 Å². The van der Waals surface area contributed by atoms with E-state index < -0.39 is 0 Å². The first kappa shape index (κ1) is 24.2. The van der Waals surface area contributed by atoms with Gasteiger partial charge in [-0.1, -0.05) is 109 Å². The Hall–Kier alpha value is -5.60. The van der Waals surface area contributed by atoms with Gasteiger partial charge in [0, 0.05) is 24.0 Å². The normalized spacial score (nSPS) is 11.3. The fourth-order valence-corrected chi connectivity index (χ4v) is 6.29. The van der Waals surface area contributed by atoms with E-state index in [1.54, 1.807) is 0 Å². The third kappa shape index (κ3) is 4.05. The van der Waals surface area contributed by atoms with Crippen LogP contribution in [0.25, 0.3) is 77.0 Å². The summed E-state index contributed by atoms with van der Waals surface area (Å²) < 4.78 is 0. The number of nitrogens with zero attached hydrogens (tertiary/aromatic N) is 2. The zero-order valence-corrected chi connectivity index (χ0v) is 22.9. The Kier molecular flexibility index (Phi) is 5.82. The number of hydrogen-bond acceptors (Lipinski definition) is 2. The second-order valence-electron chi connectivity index (χ2n) is 10.6. The molecule has 0 unspecified atom stereocenters. The number of aromatic nitrogens is 2. The lowest BCUT2D eigenvalue weighted by atomic mass is 9.85. The molecule has 0 bridgehead atoms. The summed E-state index contributed by atoms with van der Waals surface area (Å²) in [5, 5.41) is 6.21. The van der Waals surface area contributed by atoms with Crippen LogP contribution >= 0.6 is 0 Å². The maximum absolute atomic E-state index is 4.63. The van der Waals surface area contributed by atoms with Gasteiger partial charge < -0.3 is 0 Å². The molecule has 8 aromatic rings. The van der Waals surface area contributed by atoms with Gasteiger partial charge in [-0.15, -0.1) is 0 Å². The highest BCUT2D eigenvalue weighted by Crippen LogP contribution is 2.43. The van der Waals surface area contributed by atoms with Gasteiger partial charge >= 0.3 is 0 Å². The number of benzene rings is 6. The van der Waals surface area contributed by atoms with E-state index in [4.69, 9.17) is 0 Å². The minimum Gasteiger partial charge on any atom is -0.265 e. The first-order valence-corrected chi connectivity index (χ1v) is 14.2. The quantitative estimate of drug-likeness (QED) is 0.210. The molecule has 0 radical (unpaired) electrons. The highest BCUT2D eigenvalue weighted by Gasteiger charge is 2.16. The maximum Gasteiger partial charge on any atom is 0.0708 e. The van der Waals surface area contributed by atoms with Crippen LogP contribution in [0.1, 0.15) is 0 Å². The number of pyridine rings is 2. The zero-order valence-electron chi connectivity index (χ0n) is 22.9. The molecule has 0 fully saturated rings. The van der Waals surface area contributed by atoms with E-state index >= 15 is 0 Å². The SMILES string of the molecule is c1ccc(-c2c3ccccc3c(-c3ccc(-c4ccc5nccc(-c6ccncc6)c5c4)cc3)c3ccccc23)cc1. The summed E-state index contributed by atoms with van der Waals surface area (Å²) in [4.78, 5) is 8.82. The van der Waals surface area contributed by atoms with E-state index in [0.717, 1.165) is 22.0 Å². The molecule has 0 N–H and O–H groups in total. The van der Waals surface area contributed by atoms with Crippen molar-refractivity contribution in [3.8, 4) is 44.5 Å². The molecule has 0 aliphatic carbocycles. The molecular weight excluding hydrogens is 508 g/mol. The molecule has 196 valence electrons. The molecular formula is C40H26N2. The van der Waals surface area contributed by atoms with Gasteiger partial charge in [0.05, 0.1) is 5.52 Å². The van der Waals surface area contributed by atoms with Crippen LogP contribution in [0.2, 0.25) is 0 Å². The third-order valence-corrected chi connectivity index (χ3v) is 8.23. The summed E-state index contributed by atoms with van der Waals surface area (Å²) in [6.07, 6.45) is 5.55. The van der Waals surface area contributed by atoms with E-state index in [1.165, 1.54) is 54.9 Å². The van der Waals surface area contributed by atoms with Crippen molar-refractivity contribution in [2.24, 2.45) is 0 Å². The van der Waals surface area contributed by atoms with Crippen LogP contribution in [0.4, 0.5) is 0 Å². The fourth-order valence-electron chi connectivity index (χ4n) is 6.29. The minimum absolute atomic E-state index is 0.987. The molecule has 42 heavy (non-hydrogen) atoms. The Morgan fingerprint density at radius 1 is 0.333 bits per heavy atom. The van der Waals surface area contributed by atoms with Gasteiger partial charge in [-0.25, -0.2) is 0 Å². The molecule has 0 saturated carbocycles. The summed E-state index contributed by atoms with van der Waals surface area (Å²) in [7, 11) is 0. The van der Waals surface area contributed by atoms with Gasteiger partial charge in [0.15, 0.2) is 0 Å². The Morgan fingerprint density at radius 2 is 0.857 bits per heavy atom. The standard InChI is InChI=1S/C40H26N2/c1-2-8-29(9-3-1)39-33-10-4-6-12-35(33)40(36-13-7-5-11-34(36)39)30-16-14-27(15-17-30)31-18-19-38-37(26-31)32(22-25-42-38)28-20-23-41-24-21-28/h1-26H. The average Bonchev–Trinajstić information content (AvgIpc) is 3.07. The van der Waals surface area contributed by atoms with E-state index in [-0.39, 0.29) is 0 Å². The maximum atomic E-state index is 4.63. The van der Waals surface area contributed by atoms with Crippen molar-refractivity contribution in [3.05, 3.63) is 158 Å². The van der Waals surface area contributed by atoms with Gasteiger partial charge in [-0.2, -0.15) is 0 Å². The molecule has 0 amide bonds. The van der Waals surface area contributed by atoms with Crippen LogP contribution < -0.4 is 0 Å². The smallest absolute Gasteiger partial charge is 0.0708 e. The first-order valence-electron chi connectivity index (χ1n) is 14.2. The Labute approximate surface area is 244 Å². The second kappa shape index (κ2) is 10.1. The lowest BCUT2D eigenvalue weighted by molar-refractivity contribution is 1.33. The molecule has 0 spiro atoms. The minimum atomic E-state index is 0.987. The van der Waals surface area contributed by atoms with Crippen molar-refractivity contribution in [2.45, 2.75) is 0 Å². The predicted octanol–water partition coefficient (Wildman–Crippen LogP) is 10.6. The summed E-state index contributed by atoms with van der Waals surface area (Å²) in [5.74, 6) is 0. The Morgan fingerprint density at radius 3 is 1.48 bits per heavy atom. The van der Waals surface area contributed by atoms with Crippen LogP contribution in [0, 0.1) is 0 Å². The summed E-state index contributed by atoms with van der Waals surface area (Å²) in [6.45, 7) is 0. The van der Waals surface area contributed by atoms with E-state index in [0.29, 0.717) is 0 Å². The molecule has 2 nitrogen and oxygen atoms in total. The molecule has 0 saturated heterocycles. The molecule has 2 heteroatoms. The summed E-state index contributed by atoms with van der Waals surface area (Å²) in [5.41, 5.74) is 10.7. The van der Waals surface area contributed by atoms with E-state index in [9.17, 15) is 0 Å². The monoisotopic (exact) mass is 534 g/mol. The number of hydrogen-bond donors (Lipinski definition) is 0. The molecule has 6 aromatic carbocycles. The van der Waals surface area contributed by atoms with Crippen molar-refractivity contribution in [1.29, 1.82) is 0 Å². The van der Waals surface area contributed by atoms with Crippen molar-refractivity contribution in [2.75, 3.05) is 0 Å². The van der Waals surface area contributed by atoms with Gasteiger partial charge in [0.2, 0.25) is 0 Å². The number of rotatable bonds is 4. The Bertz CT molecular complexity index is 2160. The number of fused-ring (bicyclic) bond motifs is 3. The van der Waals surface area contributed by atoms with E-state index in [1.807, 2.05) is 30.7 Å². The molecule has 2 heterocycles. The van der Waals surface area contributed by atoms with Crippen LogP contribution in [0.15, 0.2) is 158 Å². The van der Waals surface area contributed by atoms with Crippen molar-refractivity contribution in [3.63, 3.8) is 0 Å². The molecule has 2 aromatic heterocycles. The third-order valence-electron chi connectivity index (χ3n) is 8.23. The average molecular weight is 535 g/mol. The topological polar surface area (TPSA) is 25.8 Å². The van der Waals surface area contributed by atoms with Crippen molar-refractivity contribution >= 4 is 32.4 Å². The summed E-state index contributed by atoms with van der Waals surface area (Å²) in [6, 6.07) is 50.1. The van der Waals surface area contributed by atoms with Crippen LogP contribution in [-0.2, 0) is 0 Å². The van der Waals surface area contributed by atoms with Gasteiger partial charge in [-0.05, 0) is 96.4 Å².